The predicted octanol–water partition coefficient (Wildman–Crippen LogP) is 6.47. The fourth-order valence-electron chi connectivity index (χ4n) is 3.41. The summed E-state index contributed by atoms with van der Waals surface area (Å²) in [5.74, 6) is -0.282. The van der Waals surface area contributed by atoms with Crippen LogP contribution in [0.4, 0.5) is 0 Å². The largest absolute Gasteiger partial charge is 0.463 e. The molecule has 0 unspecified atom stereocenters. The van der Waals surface area contributed by atoms with Gasteiger partial charge in [-0.15, -0.1) is 0 Å². The molecule has 0 saturated heterocycles. The van der Waals surface area contributed by atoms with Crippen molar-refractivity contribution in [2.75, 3.05) is 64.8 Å². The van der Waals surface area contributed by atoms with Crippen LogP contribution in [0.25, 0.3) is 0 Å². The summed E-state index contributed by atoms with van der Waals surface area (Å²) in [7, 11) is 0. The number of rotatable bonds is 28. The minimum atomic E-state index is -0.282. The molecule has 0 amide bonds. The molecule has 0 bridgehead atoms. The van der Waals surface area contributed by atoms with Gasteiger partial charge in [-0.05, 0) is 6.42 Å². The van der Waals surface area contributed by atoms with Crippen molar-refractivity contribution in [2.24, 2.45) is 0 Å². The number of halogens is 1. The van der Waals surface area contributed by atoms with E-state index in [2.05, 4.69) is 22.9 Å². The van der Waals surface area contributed by atoms with Gasteiger partial charge in [0.15, 0.2) is 0 Å². The van der Waals surface area contributed by atoms with Crippen molar-refractivity contribution < 1.29 is 28.5 Å². The smallest absolute Gasteiger partial charge is 0.316 e. The quantitative estimate of drug-likeness (QED) is 0.0645. The zero-order valence-electron chi connectivity index (χ0n) is 21.3. The molecule has 0 heterocycles. The Morgan fingerprint density at radius 2 is 0.818 bits per heavy atom. The molecule has 198 valence electrons. The van der Waals surface area contributed by atoms with Gasteiger partial charge < -0.3 is 23.7 Å². The molecule has 7 heteroatoms. The average Bonchev–Trinajstić information content (AvgIpc) is 2.83. The molecule has 0 N–H and O–H groups in total. The number of carbonyl (C=O) groups is 1. The lowest BCUT2D eigenvalue weighted by Gasteiger charge is -2.08. The molecule has 0 aromatic carbocycles. The van der Waals surface area contributed by atoms with Gasteiger partial charge in [0, 0.05) is 6.61 Å². The first kappa shape index (κ1) is 32.8. The molecule has 0 spiro atoms. The second kappa shape index (κ2) is 29.8. The third-order valence-electron chi connectivity index (χ3n) is 5.36. The van der Waals surface area contributed by atoms with Crippen LogP contribution in [0.1, 0.15) is 96.8 Å². The Kier molecular flexibility index (Phi) is 29.6. The van der Waals surface area contributed by atoms with E-state index in [1.165, 1.54) is 83.5 Å². The third-order valence-corrected chi connectivity index (χ3v) is 5.82. The molecule has 6 nitrogen and oxygen atoms in total. The molecule has 0 aliphatic carbocycles. The van der Waals surface area contributed by atoms with Crippen LogP contribution in [0.2, 0.25) is 0 Å². The zero-order chi connectivity index (χ0) is 24.1. The molecule has 0 atom stereocenters. The summed E-state index contributed by atoms with van der Waals surface area (Å²) < 4.78 is 26.7. The van der Waals surface area contributed by atoms with E-state index in [9.17, 15) is 4.79 Å². The fraction of sp³-hybridized carbons (Fsp3) is 0.962. The Hall–Kier alpha value is -0.210. The highest BCUT2D eigenvalue weighted by molar-refractivity contribution is 9.09. The van der Waals surface area contributed by atoms with Gasteiger partial charge in [-0.1, -0.05) is 106 Å². The van der Waals surface area contributed by atoms with Crippen LogP contribution < -0.4 is 0 Å². The van der Waals surface area contributed by atoms with E-state index < -0.39 is 0 Å². The molecule has 33 heavy (non-hydrogen) atoms. The predicted molar refractivity (Wildman–Crippen MR) is 138 cm³/mol. The van der Waals surface area contributed by atoms with Crippen LogP contribution in [0, 0.1) is 0 Å². The molecule has 0 radical (unpaired) electrons. The van der Waals surface area contributed by atoms with Crippen molar-refractivity contribution in [1.29, 1.82) is 0 Å². The highest BCUT2D eigenvalue weighted by Crippen LogP contribution is 2.12. The van der Waals surface area contributed by atoms with Crippen molar-refractivity contribution in [1.82, 2.24) is 0 Å². The second-order valence-electron chi connectivity index (χ2n) is 8.40. The minimum absolute atomic E-state index is 0.209. The maximum atomic E-state index is 10.9. The van der Waals surface area contributed by atoms with Crippen LogP contribution in [-0.2, 0) is 28.5 Å². The molecular weight excluding hydrogens is 488 g/mol. The molecule has 0 aromatic rings. The van der Waals surface area contributed by atoms with Crippen molar-refractivity contribution in [2.45, 2.75) is 96.8 Å². The molecule has 0 fully saturated rings. The Balaban J connectivity index is 3.02. The van der Waals surface area contributed by atoms with E-state index >= 15 is 0 Å². The number of hydrogen-bond acceptors (Lipinski definition) is 6. The Morgan fingerprint density at radius 3 is 1.21 bits per heavy atom. The first-order chi connectivity index (χ1) is 16.3. The Morgan fingerprint density at radius 1 is 0.485 bits per heavy atom. The van der Waals surface area contributed by atoms with E-state index in [0.29, 0.717) is 46.2 Å². The summed E-state index contributed by atoms with van der Waals surface area (Å²) in [6.07, 6.45) is 19.3. The van der Waals surface area contributed by atoms with Gasteiger partial charge in [-0.2, -0.15) is 0 Å². The zero-order valence-corrected chi connectivity index (χ0v) is 22.9. The van der Waals surface area contributed by atoms with Gasteiger partial charge in [0.25, 0.3) is 0 Å². The van der Waals surface area contributed by atoms with Crippen LogP contribution >= 0.6 is 15.9 Å². The van der Waals surface area contributed by atoms with Crippen molar-refractivity contribution >= 4 is 21.9 Å². The van der Waals surface area contributed by atoms with E-state index in [4.69, 9.17) is 23.7 Å². The van der Waals surface area contributed by atoms with Gasteiger partial charge >= 0.3 is 5.97 Å². The highest BCUT2D eigenvalue weighted by atomic mass is 79.9. The van der Waals surface area contributed by atoms with Crippen LogP contribution in [0.5, 0.6) is 0 Å². The number of hydrogen-bond donors (Lipinski definition) is 0. The highest BCUT2D eigenvalue weighted by Gasteiger charge is 1.98. The third kappa shape index (κ3) is 29.8. The molecule has 0 aliphatic rings. The first-order valence-electron chi connectivity index (χ1n) is 13.3. The first-order valence-corrected chi connectivity index (χ1v) is 14.5. The van der Waals surface area contributed by atoms with Gasteiger partial charge in [0.2, 0.25) is 0 Å². The van der Waals surface area contributed by atoms with Crippen LogP contribution in [-0.4, -0.2) is 70.8 Å². The fourth-order valence-corrected chi connectivity index (χ4v) is 3.58. The number of unbranched alkanes of at least 4 members (excludes halogenated alkanes) is 13. The van der Waals surface area contributed by atoms with E-state index in [-0.39, 0.29) is 17.9 Å². The van der Waals surface area contributed by atoms with Crippen molar-refractivity contribution in [3.8, 4) is 0 Å². The normalized spacial score (nSPS) is 11.2. The van der Waals surface area contributed by atoms with Gasteiger partial charge in [0.1, 0.15) is 11.9 Å². The topological polar surface area (TPSA) is 63.2 Å². The summed E-state index contributed by atoms with van der Waals surface area (Å²) >= 11 is 3.03. The molecular formula is C26H51BrO6. The van der Waals surface area contributed by atoms with E-state index in [0.717, 1.165) is 13.0 Å². The van der Waals surface area contributed by atoms with Crippen LogP contribution in [0.3, 0.4) is 0 Å². The van der Waals surface area contributed by atoms with Gasteiger partial charge in [-0.25, -0.2) is 0 Å². The lowest BCUT2D eigenvalue weighted by atomic mass is 10.0. The molecule has 0 saturated carbocycles. The number of esters is 1. The summed E-state index contributed by atoms with van der Waals surface area (Å²) in [4.78, 5) is 10.9. The van der Waals surface area contributed by atoms with Crippen molar-refractivity contribution in [3.05, 3.63) is 0 Å². The van der Waals surface area contributed by atoms with Crippen LogP contribution in [0.15, 0.2) is 0 Å². The molecule has 0 rings (SSSR count). The maximum absolute atomic E-state index is 10.9. The lowest BCUT2D eigenvalue weighted by Crippen LogP contribution is -2.14. The van der Waals surface area contributed by atoms with E-state index in [1.54, 1.807) is 0 Å². The summed E-state index contributed by atoms with van der Waals surface area (Å²) in [5.41, 5.74) is 0. The summed E-state index contributed by atoms with van der Waals surface area (Å²) in [6.45, 7) is 7.11. The summed E-state index contributed by atoms with van der Waals surface area (Å²) in [5, 5.41) is 0.209. The van der Waals surface area contributed by atoms with Gasteiger partial charge in [0.05, 0.1) is 46.2 Å². The number of carbonyl (C=O) groups excluding carboxylic acids is 1. The average molecular weight is 540 g/mol. The second-order valence-corrected chi connectivity index (χ2v) is 8.96. The van der Waals surface area contributed by atoms with E-state index in [1.807, 2.05) is 0 Å². The van der Waals surface area contributed by atoms with Gasteiger partial charge in [-0.3, -0.25) is 4.79 Å². The molecule has 0 aliphatic heterocycles. The molecule has 0 aromatic heterocycles. The SMILES string of the molecule is CCCCCCCCCCCCCCCCOCCOCCOCCOCCOC(=O)CBr. The maximum Gasteiger partial charge on any atom is 0.316 e. The Bertz CT molecular complexity index is 384. The minimum Gasteiger partial charge on any atom is -0.463 e. The monoisotopic (exact) mass is 538 g/mol. The standard InChI is InChI=1S/C26H51BrO6/c1-2-3-4-5-6-7-8-9-10-11-12-13-14-15-16-29-17-18-30-19-20-31-21-22-32-23-24-33-26(28)25-27/h2-25H2,1H3. The summed E-state index contributed by atoms with van der Waals surface area (Å²) in [6, 6.07) is 0. The van der Waals surface area contributed by atoms with Crippen molar-refractivity contribution in [3.63, 3.8) is 0 Å². The lowest BCUT2D eigenvalue weighted by molar-refractivity contribution is -0.142. The Labute approximate surface area is 211 Å². The number of alkyl halides is 1. The number of ether oxygens (including phenoxy) is 5.